The van der Waals surface area contributed by atoms with Crippen LogP contribution in [0, 0.1) is 0 Å². The van der Waals surface area contributed by atoms with Gasteiger partial charge in [0, 0.05) is 34.8 Å². The van der Waals surface area contributed by atoms with Gasteiger partial charge in [0.15, 0.2) is 0 Å². The first-order valence-electron chi connectivity index (χ1n) is 15.3. The van der Waals surface area contributed by atoms with Gasteiger partial charge in [0.2, 0.25) is 0 Å². The molecule has 0 spiro atoms. The Balaban J connectivity index is 1.15. The Labute approximate surface area is 274 Å². The molecule has 9 aromatic rings. The summed E-state index contributed by atoms with van der Waals surface area (Å²) < 4.78 is 4.77. The van der Waals surface area contributed by atoms with E-state index in [0.717, 1.165) is 32.2 Å². The molecule has 46 heavy (non-hydrogen) atoms. The summed E-state index contributed by atoms with van der Waals surface area (Å²) in [6.45, 7) is 0. The van der Waals surface area contributed by atoms with E-state index in [4.69, 9.17) is 9.97 Å². The standard InChI is InChI=1S/C41H27N3S2/c1-44-36(28-9-3-2-4-10-28)25-33-31(26-15-19-29(20-16-26)40-42-34-11-5-7-13-37(34)45-40)23-24-32(39(33)44)27-17-21-30(22-18-27)41-43-35-12-6-8-14-38(35)46-41/h2-25H,1H3. The molecule has 3 aromatic heterocycles. The Morgan fingerprint density at radius 3 is 1.50 bits per heavy atom. The van der Waals surface area contributed by atoms with E-state index in [1.54, 1.807) is 22.7 Å². The van der Waals surface area contributed by atoms with Crippen molar-refractivity contribution in [2.24, 2.45) is 7.05 Å². The summed E-state index contributed by atoms with van der Waals surface area (Å²) in [6, 6.07) is 52.0. The number of rotatable bonds is 5. The highest BCUT2D eigenvalue weighted by molar-refractivity contribution is 7.22. The lowest BCUT2D eigenvalue weighted by Crippen LogP contribution is -1.94. The molecule has 0 saturated carbocycles. The minimum absolute atomic E-state index is 1.05. The first-order chi connectivity index (χ1) is 22.7. The maximum absolute atomic E-state index is 4.88. The second kappa shape index (κ2) is 10.9. The molecule has 3 nitrogen and oxygen atoms in total. The molecule has 218 valence electrons. The molecule has 0 amide bonds. The number of hydrogen-bond donors (Lipinski definition) is 0. The Bertz CT molecular complexity index is 2450. The Hall–Kier alpha value is -5.36. The largest absolute Gasteiger partial charge is 0.343 e. The van der Waals surface area contributed by atoms with Gasteiger partial charge in [-0.15, -0.1) is 22.7 Å². The normalized spacial score (nSPS) is 11.6. The van der Waals surface area contributed by atoms with Gasteiger partial charge >= 0.3 is 0 Å². The fourth-order valence-electron chi connectivity index (χ4n) is 6.42. The molecule has 0 atom stereocenters. The number of aryl methyl sites for hydroxylation is 1. The third-order valence-electron chi connectivity index (χ3n) is 8.74. The first-order valence-corrected chi connectivity index (χ1v) is 16.9. The van der Waals surface area contributed by atoms with Gasteiger partial charge in [0.1, 0.15) is 10.0 Å². The van der Waals surface area contributed by atoms with E-state index in [2.05, 4.69) is 145 Å². The van der Waals surface area contributed by atoms with Crippen LogP contribution in [0.4, 0.5) is 0 Å². The lowest BCUT2D eigenvalue weighted by atomic mass is 9.95. The zero-order valence-electron chi connectivity index (χ0n) is 25.0. The fourth-order valence-corrected chi connectivity index (χ4v) is 8.36. The molecule has 0 unspecified atom stereocenters. The van der Waals surface area contributed by atoms with Gasteiger partial charge in [-0.25, -0.2) is 9.97 Å². The zero-order valence-corrected chi connectivity index (χ0v) is 26.6. The highest BCUT2D eigenvalue weighted by atomic mass is 32.1. The highest BCUT2D eigenvalue weighted by Gasteiger charge is 2.18. The quantitative estimate of drug-likeness (QED) is 0.190. The molecule has 0 saturated heterocycles. The van der Waals surface area contributed by atoms with Crippen molar-refractivity contribution < 1.29 is 0 Å². The number of nitrogens with zero attached hydrogens (tertiary/aromatic N) is 3. The van der Waals surface area contributed by atoms with E-state index in [9.17, 15) is 0 Å². The Morgan fingerprint density at radius 1 is 0.457 bits per heavy atom. The monoisotopic (exact) mass is 625 g/mol. The van der Waals surface area contributed by atoms with Crippen molar-refractivity contribution in [3.05, 3.63) is 146 Å². The maximum Gasteiger partial charge on any atom is 0.124 e. The van der Waals surface area contributed by atoms with Crippen molar-refractivity contribution in [1.82, 2.24) is 14.5 Å². The van der Waals surface area contributed by atoms with Crippen molar-refractivity contribution in [2.45, 2.75) is 0 Å². The summed E-state index contributed by atoms with van der Waals surface area (Å²) in [5.41, 5.74) is 12.8. The average molecular weight is 626 g/mol. The minimum atomic E-state index is 1.05. The van der Waals surface area contributed by atoms with Crippen LogP contribution < -0.4 is 0 Å². The molecule has 3 heterocycles. The van der Waals surface area contributed by atoms with Gasteiger partial charge in [-0.3, -0.25) is 0 Å². The predicted molar refractivity (Wildman–Crippen MR) is 196 cm³/mol. The Kier molecular flexibility index (Phi) is 6.40. The molecular formula is C41H27N3S2. The van der Waals surface area contributed by atoms with Crippen LogP contribution in [0.1, 0.15) is 0 Å². The summed E-state index contributed by atoms with van der Waals surface area (Å²) in [7, 11) is 2.18. The van der Waals surface area contributed by atoms with E-state index in [0.29, 0.717) is 0 Å². The van der Waals surface area contributed by atoms with Crippen LogP contribution in [0.5, 0.6) is 0 Å². The highest BCUT2D eigenvalue weighted by Crippen LogP contribution is 2.41. The van der Waals surface area contributed by atoms with Crippen molar-refractivity contribution in [2.75, 3.05) is 0 Å². The number of benzene rings is 6. The molecule has 9 rings (SSSR count). The summed E-state index contributed by atoms with van der Waals surface area (Å²) in [5.74, 6) is 0. The van der Waals surface area contributed by atoms with Crippen molar-refractivity contribution in [3.63, 3.8) is 0 Å². The number of fused-ring (bicyclic) bond motifs is 3. The molecule has 0 aliphatic rings. The van der Waals surface area contributed by atoms with E-state index in [1.165, 1.54) is 53.8 Å². The van der Waals surface area contributed by atoms with Gasteiger partial charge < -0.3 is 4.57 Å². The number of aromatic nitrogens is 3. The molecule has 0 N–H and O–H groups in total. The fraction of sp³-hybridized carbons (Fsp3) is 0.0244. The van der Waals surface area contributed by atoms with E-state index in [1.807, 2.05) is 12.1 Å². The van der Waals surface area contributed by atoms with Crippen LogP contribution in [0.25, 0.3) is 86.0 Å². The molecule has 0 bridgehead atoms. The van der Waals surface area contributed by atoms with Crippen LogP contribution in [0.2, 0.25) is 0 Å². The Morgan fingerprint density at radius 2 is 0.935 bits per heavy atom. The molecule has 0 fully saturated rings. The van der Waals surface area contributed by atoms with Gasteiger partial charge in [-0.05, 0) is 52.6 Å². The lowest BCUT2D eigenvalue weighted by molar-refractivity contribution is 0.979. The number of hydrogen-bond acceptors (Lipinski definition) is 4. The number of thiazole rings is 2. The second-order valence-electron chi connectivity index (χ2n) is 11.5. The van der Waals surface area contributed by atoms with Gasteiger partial charge in [-0.2, -0.15) is 0 Å². The van der Waals surface area contributed by atoms with Crippen LogP contribution in [-0.2, 0) is 7.05 Å². The average Bonchev–Trinajstić information content (AvgIpc) is 3.84. The lowest BCUT2D eigenvalue weighted by Gasteiger charge is -2.12. The smallest absolute Gasteiger partial charge is 0.124 e. The molecule has 0 radical (unpaired) electrons. The van der Waals surface area contributed by atoms with Crippen LogP contribution in [-0.4, -0.2) is 14.5 Å². The summed E-state index contributed by atoms with van der Waals surface area (Å²) in [6.07, 6.45) is 0. The first kappa shape index (κ1) is 27.0. The van der Waals surface area contributed by atoms with Gasteiger partial charge in [0.25, 0.3) is 0 Å². The van der Waals surface area contributed by atoms with Gasteiger partial charge in [-0.1, -0.05) is 115 Å². The molecule has 0 aliphatic carbocycles. The summed E-state index contributed by atoms with van der Waals surface area (Å²) >= 11 is 3.48. The van der Waals surface area contributed by atoms with Crippen LogP contribution in [0.3, 0.4) is 0 Å². The maximum atomic E-state index is 4.88. The van der Waals surface area contributed by atoms with E-state index >= 15 is 0 Å². The topological polar surface area (TPSA) is 30.7 Å². The van der Waals surface area contributed by atoms with Crippen LogP contribution in [0.15, 0.2) is 146 Å². The molecule has 6 aromatic carbocycles. The third-order valence-corrected chi connectivity index (χ3v) is 10.9. The SMILES string of the molecule is Cn1c(-c2ccccc2)cc2c(-c3ccc(-c4nc5ccccc5s4)cc3)ccc(-c3ccc(-c4nc5ccccc5s4)cc3)c21. The van der Waals surface area contributed by atoms with Crippen molar-refractivity contribution >= 4 is 54.0 Å². The van der Waals surface area contributed by atoms with Crippen molar-refractivity contribution in [3.8, 4) is 54.7 Å². The summed E-state index contributed by atoms with van der Waals surface area (Å²) in [5, 5.41) is 3.34. The van der Waals surface area contributed by atoms with E-state index in [-0.39, 0.29) is 0 Å². The summed E-state index contributed by atoms with van der Waals surface area (Å²) in [4.78, 5) is 9.76. The molecule has 0 aliphatic heterocycles. The van der Waals surface area contributed by atoms with Gasteiger partial charge in [0.05, 0.1) is 25.9 Å². The van der Waals surface area contributed by atoms with E-state index < -0.39 is 0 Å². The van der Waals surface area contributed by atoms with Crippen molar-refractivity contribution in [1.29, 1.82) is 0 Å². The predicted octanol–water partition coefficient (Wildman–Crippen LogP) is 11.7. The molecular weight excluding hydrogens is 599 g/mol. The second-order valence-corrected chi connectivity index (χ2v) is 13.6. The third kappa shape index (κ3) is 4.55. The minimum Gasteiger partial charge on any atom is -0.343 e. The number of para-hydroxylation sites is 2. The van der Waals surface area contributed by atoms with Crippen LogP contribution >= 0.6 is 22.7 Å². The molecule has 5 heteroatoms. The zero-order chi connectivity index (χ0) is 30.6.